The quantitative estimate of drug-likeness (QED) is 0.451. The summed E-state index contributed by atoms with van der Waals surface area (Å²) in [7, 11) is 0. The number of phenols is 1. The molecule has 1 aliphatic carbocycles. The van der Waals surface area contributed by atoms with Crippen molar-refractivity contribution in [3.05, 3.63) is 56.4 Å². The molecule has 1 aromatic carbocycles. The van der Waals surface area contributed by atoms with Crippen LogP contribution in [-0.4, -0.2) is 28.4 Å². The molecule has 0 aromatic heterocycles. The van der Waals surface area contributed by atoms with Crippen molar-refractivity contribution in [1.82, 2.24) is 5.32 Å². The highest BCUT2D eigenvalue weighted by atomic mass is 16.6. The number of nitro groups is 1. The zero-order chi connectivity index (χ0) is 21.5. The molecule has 0 spiro atoms. The standard InChI is InChI=1S/C21H24N2O6/c1-5-29-20(26)17-11(2)22-13-9-21(3,4)10-16(25)19(13)18(17)12-6-7-15(24)14(8-12)23(27)28/h6-8,18,22,24H,5,9-10H2,1-4H3/t18-/m1/s1. The first kappa shape index (κ1) is 20.6. The van der Waals surface area contributed by atoms with Crippen LogP contribution in [0, 0.1) is 15.5 Å². The van der Waals surface area contributed by atoms with Gasteiger partial charge in [0.05, 0.1) is 17.1 Å². The lowest BCUT2D eigenvalue weighted by molar-refractivity contribution is -0.385. The number of ether oxygens (including phenoxy) is 1. The van der Waals surface area contributed by atoms with Gasteiger partial charge in [-0.25, -0.2) is 4.79 Å². The lowest BCUT2D eigenvalue weighted by Gasteiger charge is -2.39. The average molecular weight is 400 g/mol. The number of aromatic hydroxyl groups is 1. The lowest BCUT2D eigenvalue weighted by atomic mass is 9.68. The molecule has 1 atom stereocenters. The lowest BCUT2D eigenvalue weighted by Crippen LogP contribution is -2.38. The summed E-state index contributed by atoms with van der Waals surface area (Å²) in [4.78, 5) is 36.5. The number of hydrogen-bond acceptors (Lipinski definition) is 7. The number of esters is 1. The van der Waals surface area contributed by atoms with Crippen molar-refractivity contribution < 1.29 is 24.4 Å². The molecule has 0 radical (unpaired) electrons. The fraction of sp³-hybridized carbons (Fsp3) is 0.429. The van der Waals surface area contributed by atoms with Crippen LogP contribution >= 0.6 is 0 Å². The number of carbonyl (C=O) groups excluding carboxylic acids is 2. The van der Waals surface area contributed by atoms with E-state index in [4.69, 9.17) is 4.74 Å². The van der Waals surface area contributed by atoms with Crippen molar-refractivity contribution in [2.24, 2.45) is 5.41 Å². The molecule has 154 valence electrons. The van der Waals surface area contributed by atoms with Crippen LogP contribution in [0.4, 0.5) is 5.69 Å². The Kier molecular flexibility index (Phi) is 5.21. The number of hydrogen-bond donors (Lipinski definition) is 2. The Bertz CT molecular complexity index is 973. The van der Waals surface area contributed by atoms with Gasteiger partial charge in [-0.05, 0) is 37.3 Å². The highest BCUT2D eigenvalue weighted by molar-refractivity contribution is 6.04. The number of allylic oxidation sites excluding steroid dienone is 3. The normalized spacial score (nSPS) is 20.8. The Morgan fingerprint density at radius 3 is 2.69 bits per heavy atom. The highest BCUT2D eigenvalue weighted by Crippen LogP contribution is 2.47. The number of dihydropyridines is 1. The van der Waals surface area contributed by atoms with Gasteiger partial charge in [0, 0.05) is 35.4 Å². The number of nitro benzene ring substituents is 1. The molecule has 29 heavy (non-hydrogen) atoms. The molecule has 0 amide bonds. The first-order chi connectivity index (χ1) is 13.6. The minimum absolute atomic E-state index is 0.112. The van der Waals surface area contributed by atoms with Crippen LogP contribution in [0.25, 0.3) is 0 Å². The number of rotatable bonds is 4. The fourth-order valence-corrected chi connectivity index (χ4v) is 4.12. The Hall–Kier alpha value is -3.16. The zero-order valence-corrected chi connectivity index (χ0v) is 16.9. The molecule has 2 N–H and O–H groups in total. The molecule has 1 aromatic rings. The van der Waals surface area contributed by atoms with Gasteiger partial charge in [0.15, 0.2) is 11.5 Å². The smallest absolute Gasteiger partial charge is 0.336 e. The van der Waals surface area contributed by atoms with E-state index >= 15 is 0 Å². The van der Waals surface area contributed by atoms with Crippen LogP contribution in [-0.2, 0) is 14.3 Å². The van der Waals surface area contributed by atoms with Crippen LogP contribution in [0.1, 0.15) is 52.0 Å². The number of nitrogens with one attached hydrogen (secondary N) is 1. The maximum Gasteiger partial charge on any atom is 0.336 e. The third-order valence-corrected chi connectivity index (χ3v) is 5.26. The van der Waals surface area contributed by atoms with E-state index in [1.807, 2.05) is 13.8 Å². The minimum atomic E-state index is -0.798. The molecule has 8 heteroatoms. The largest absolute Gasteiger partial charge is 0.502 e. The van der Waals surface area contributed by atoms with Crippen molar-refractivity contribution in [2.45, 2.75) is 46.5 Å². The van der Waals surface area contributed by atoms with Crippen LogP contribution in [0.15, 0.2) is 40.7 Å². The molecule has 0 unspecified atom stereocenters. The SMILES string of the molecule is CCOC(=O)C1=C(C)NC2=C(C(=O)CC(C)(C)C2)[C@@H]1c1ccc(O)c([N+](=O)[O-])c1. The Morgan fingerprint density at radius 2 is 2.07 bits per heavy atom. The molecule has 1 aliphatic heterocycles. The van der Waals surface area contributed by atoms with E-state index in [1.54, 1.807) is 13.8 Å². The van der Waals surface area contributed by atoms with E-state index in [1.165, 1.54) is 18.2 Å². The van der Waals surface area contributed by atoms with E-state index in [9.17, 15) is 24.8 Å². The van der Waals surface area contributed by atoms with Gasteiger partial charge in [0.1, 0.15) is 0 Å². The number of nitrogens with zero attached hydrogens (tertiary/aromatic N) is 1. The summed E-state index contributed by atoms with van der Waals surface area (Å²) >= 11 is 0. The molecule has 0 fully saturated rings. The third kappa shape index (κ3) is 3.74. The number of phenolic OH excluding ortho intramolecular Hbond substituents is 1. The maximum absolute atomic E-state index is 13.1. The van der Waals surface area contributed by atoms with Crippen molar-refractivity contribution in [2.75, 3.05) is 6.61 Å². The first-order valence-corrected chi connectivity index (χ1v) is 9.44. The molecule has 3 rings (SSSR count). The van der Waals surface area contributed by atoms with Crippen LogP contribution in [0.5, 0.6) is 5.75 Å². The van der Waals surface area contributed by atoms with Gasteiger partial charge in [-0.3, -0.25) is 14.9 Å². The van der Waals surface area contributed by atoms with E-state index in [-0.39, 0.29) is 23.4 Å². The molecule has 1 heterocycles. The predicted molar refractivity (Wildman–Crippen MR) is 105 cm³/mol. The van der Waals surface area contributed by atoms with Gasteiger partial charge in [0.25, 0.3) is 0 Å². The Morgan fingerprint density at radius 1 is 1.38 bits per heavy atom. The number of Topliss-reactive ketones (excluding diaryl/α,β-unsaturated/α-hetero) is 1. The Balaban J connectivity index is 2.23. The topological polar surface area (TPSA) is 119 Å². The summed E-state index contributed by atoms with van der Waals surface area (Å²) in [5.41, 5.74) is 1.62. The number of benzene rings is 1. The molecular weight excluding hydrogens is 376 g/mol. The summed E-state index contributed by atoms with van der Waals surface area (Å²) in [6, 6.07) is 3.93. The molecular formula is C21H24N2O6. The van der Waals surface area contributed by atoms with Gasteiger partial charge in [-0.2, -0.15) is 0 Å². The van der Waals surface area contributed by atoms with E-state index in [0.717, 1.165) is 5.70 Å². The van der Waals surface area contributed by atoms with Gasteiger partial charge in [0.2, 0.25) is 0 Å². The Labute approximate surface area is 168 Å². The minimum Gasteiger partial charge on any atom is -0.502 e. The molecule has 8 nitrogen and oxygen atoms in total. The number of carbonyl (C=O) groups is 2. The highest BCUT2D eigenvalue weighted by Gasteiger charge is 2.43. The van der Waals surface area contributed by atoms with Crippen LogP contribution < -0.4 is 5.32 Å². The number of ketones is 1. The zero-order valence-electron chi connectivity index (χ0n) is 16.9. The van der Waals surface area contributed by atoms with Gasteiger partial charge in [-0.15, -0.1) is 0 Å². The molecule has 2 aliphatic rings. The monoisotopic (exact) mass is 400 g/mol. The van der Waals surface area contributed by atoms with Crippen LogP contribution in [0.2, 0.25) is 0 Å². The van der Waals surface area contributed by atoms with Gasteiger partial charge < -0.3 is 15.2 Å². The van der Waals surface area contributed by atoms with Gasteiger partial charge in [-0.1, -0.05) is 19.9 Å². The first-order valence-electron chi connectivity index (χ1n) is 9.44. The van der Waals surface area contributed by atoms with Crippen molar-refractivity contribution in [3.8, 4) is 5.75 Å². The third-order valence-electron chi connectivity index (χ3n) is 5.26. The second kappa shape index (κ2) is 7.35. The summed E-state index contributed by atoms with van der Waals surface area (Å²) in [5, 5.41) is 24.3. The summed E-state index contributed by atoms with van der Waals surface area (Å²) in [6.07, 6.45) is 0.914. The second-order valence-electron chi connectivity index (χ2n) is 8.16. The molecule has 0 bridgehead atoms. The summed E-state index contributed by atoms with van der Waals surface area (Å²) < 4.78 is 5.21. The summed E-state index contributed by atoms with van der Waals surface area (Å²) in [6.45, 7) is 7.56. The van der Waals surface area contributed by atoms with Crippen LogP contribution in [0.3, 0.4) is 0 Å². The van der Waals surface area contributed by atoms with Crippen molar-refractivity contribution in [3.63, 3.8) is 0 Å². The second-order valence-corrected chi connectivity index (χ2v) is 8.16. The molecule has 0 saturated carbocycles. The fourth-order valence-electron chi connectivity index (χ4n) is 4.12. The van der Waals surface area contributed by atoms with E-state index < -0.39 is 28.2 Å². The van der Waals surface area contributed by atoms with E-state index in [0.29, 0.717) is 29.7 Å². The average Bonchev–Trinajstić information content (AvgIpc) is 2.59. The predicted octanol–water partition coefficient (Wildman–Crippen LogP) is 3.47. The van der Waals surface area contributed by atoms with Gasteiger partial charge >= 0.3 is 11.7 Å². The van der Waals surface area contributed by atoms with Crippen molar-refractivity contribution in [1.29, 1.82) is 0 Å². The summed E-state index contributed by atoms with van der Waals surface area (Å²) in [5.74, 6) is -1.97. The maximum atomic E-state index is 13.1. The van der Waals surface area contributed by atoms with Crippen molar-refractivity contribution >= 4 is 17.4 Å². The molecule has 0 saturated heterocycles. The van der Waals surface area contributed by atoms with E-state index in [2.05, 4.69) is 5.32 Å².